The van der Waals surface area contributed by atoms with Gasteiger partial charge in [0.2, 0.25) is 0 Å². The molecule has 0 N–H and O–H groups in total. The molecule has 2 unspecified atom stereocenters. The molecule has 0 aromatic heterocycles. The highest BCUT2D eigenvalue weighted by atomic mass is 19.4. The van der Waals surface area contributed by atoms with Crippen LogP contribution in [0.4, 0.5) is 13.2 Å². The predicted octanol–water partition coefficient (Wildman–Crippen LogP) is 7.03. The van der Waals surface area contributed by atoms with Crippen LogP contribution in [-0.2, 0) is 12.7 Å². The fourth-order valence-corrected chi connectivity index (χ4v) is 5.39. The van der Waals surface area contributed by atoms with E-state index in [1.165, 1.54) is 23.3 Å². The van der Waals surface area contributed by atoms with E-state index in [4.69, 9.17) is 0 Å². The minimum Gasteiger partial charge on any atom is -0.338 e. The van der Waals surface area contributed by atoms with Crippen molar-refractivity contribution in [2.45, 2.75) is 39.4 Å². The number of hydrogen-bond donors (Lipinski definition) is 0. The molecule has 1 amide bonds. The lowest BCUT2D eigenvalue weighted by Crippen LogP contribution is -2.39. The predicted molar refractivity (Wildman–Crippen MR) is 141 cm³/mol. The maximum atomic E-state index is 13.5. The topological polar surface area (TPSA) is 23.6 Å². The number of carbonyl (C=O) groups excluding carboxylic acids is 1. The average Bonchev–Trinajstić information content (AvgIpc) is 3.25. The number of aryl methyl sites for hydroxylation is 1. The van der Waals surface area contributed by atoms with Gasteiger partial charge in [-0.05, 0) is 48.1 Å². The molecule has 3 aromatic carbocycles. The van der Waals surface area contributed by atoms with Gasteiger partial charge in [-0.2, -0.15) is 13.2 Å². The van der Waals surface area contributed by atoms with E-state index in [0.717, 1.165) is 12.6 Å². The van der Waals surface area contributed by atoms with Crippen LogP contribution in [0, 0.1) is 18.8 Å². The number of halogens is 3. The summed E-state index contributed by atoms with van der Waals surface area (Å²) >= 11 is 0. The molecule has 6 heteroatoms. The van der Waals surface area contributed by atoms with Gasteiger partial charge in [0.1, 0.15) is 0 Å². The molecule has 4 rings (SSSR count). The Morgan fingerprint density at radius 1 is 0.973 bits per heavy atom. The van der Waals surface area contributed by atoms with Crippen molar-refractivity contribution < 1.29 is 18.0 Å². The zero-order chi connectivity index (χ0) is 26.6. The lowest BCUT2D eigenvalue weighted by Gasteiger charge is -2.30. The van der Waals surface area contributed by atoms with Crippen molar-refractivity contribution in [1.29, 1.82) is 0 Å². The zero-order valence-corrected chi connectivity index (χ0v) is 21.7. The Morgan fingerprint density at radius 3 is 2.38 bits per heavy atom. The number of carbonyl (C=O) groups is 1. The third kappa shape index (κ3) is 7.01. The van der Waals surface area contributed by atoms with Crippen LogP contribution in [-0.4, -0.2) is 41.9 Å². The molecular weight excluding hydrogens is 473 g/mol. The molecule has 1 aliphatic heterocycles. The normalized spacial score (nSPS) is 18.4. The molecule has 0 radical (unpaired) electrons. The molecule has 196 valence electrons. The van der Waals surface area contributed by atoms with Gasteiger partial charge in [-0.3, -0.25) is 9.69 Å². The molecule has 2 atom stereocenters. The maximum Gasteiger partial charge on any atom is 0.416 e. The largest absolute Gasteiger partial charge is 0.416 e. The quantitative estimate of drug-likeness (QED) is 0.326. The Bertz CT molecular complexity index is 1190. The van der Waals surface area contributed by atoms with Crippen LogP contribution in [0.3, 0.4) is 0 Å². The summed E-state index contributed by atoms with van der Waals surface area (Å²) in [5.74, 6) is 0.142. The van der Waals surface area contributed by atoms with Gasteiger partial charge in [0, 0.05) is 44.2 Å². The van der Waals surface area contributed by atoms with Crippen LogP contribution in [0.1, 0.15) is 52.4 Å². The van der Waals surface area contributed by atoms with E-state index >= 15 is 0 Å². The van der Waals surface area contributed by atoms with Crippen LogP contribution in [0.25, 0.3) is 0 Å². The summed E-state index contributed by atoms with van der Waals surface area (Å²) in [6.45, 7) is 9.39. The van der Waals surface area contributed by atoms with E-state index < -0.39 is 11.7 Å². The van der Waals surface area contributed by atoms with Crippen molar-refractivity contribution in [3.05, 3.63) is 107 Å². The summed E-state index contributed by atoms with van der Waals surface area (Å²) in [5, 5.41) is 0. The second-order valence-electron chi connectivity index (χ2n) is 10.6. The van der Waals surface area contributed by atoms with Crippen molar-refractivity contribution in [2.75, 3.05) is 26.2 Å². The minimum absolute atomic E-state index is 0.0136. The van der Waals surface area contributed by atoms with E-state index in [1.807, 2.05) is 41.3 Å². The molecule has 1 heterocycles. The molecule has 1 aliphatic rings. The van der Waals surface area contributed by atoms with Crippen LogP contribution < -0.4 is 0 Å². The summed E-state index contributed by atoms with van der Waals surface area (Å²) in [5.41, 5.74) is 3.05. The van der Waals surface area contributed by atoms with Crippen LogP contribution in [0.5, 0.6) is 0 Å². The number of likely N-dealkylation sites (tertiary alicyclic amines) is 1. The first-order valence-electron chi connectivity index (χ1n) is 12.9. The molecule has 1 fully saturated rings. The molecule has 3 aromatic rings. The Kier molecular flexibility index (Phi) is 8.38. The molecule has 0 bridgehead atoms. The van der Waals surface area contributed by atoms with Crippen molar-refractivity contribution in [3.8, 4) is 0 Å². The van der Waals surface area contributed by atoms with E-state index in [-0.39, 0.29) is 23.7 Å². The van der Waals surface area contributed by atoms with Gasteiger partial charge in [-0.25, -0.2) is 0 Å². The maximum absolute atomic E-state index is 13.5. The zero-order valence-electron chi connectivity index (χ0n) is 21.7. The van der Waals surface area contributed by atoms with Gasteiger partial charge < -0.3 is 4.90 Å². The second-order valence-corrected chi connectivity index (χ2v) is 10.6. The number of rotatable bonds is 8. The Hall–Kier alpha value is -3.12. The van der Waals surface area contributed by atoms with E-state index in [0.29, 0.717) is 37.3 Å². The molecule has 0 spiro atoms. The summed E-state index contributed by atoms with van der Waals surface area (Å²) in [6, 6.07) is 23.3. The van der Waals surface area contributed by atoms with E-state index in [2.05, 4.69) is 43.9 Å². The number of nitrogens with zero attached hydrogens (tertiary/aromatic N) is 2. The van der Waals surface area contributed by atoms with Crippen molar-refractivity contribution in [2.24, 2.45) is 11.8 Å². The summed E-state index contributed by atoms with van der Waals surface area (Å²) in [4.78, 5) is 17.7. The highest BCUT2D eigenvalue weighted by molar-refractivity contribution is 5.94. The summed E-state index contributed by atoms with van der Waals surface area (Å²) in [7, 11) is 0. The minimum atomic E-state index is -4.39. The Morgan fingerprint density at radius 2 is 1.70 bits per heavy atom. The fourth-order valence-electron chi connectivity index (χ4n) is 5.39. The van der Waals surface area contributed by atoms with Crippen LogP contribution in [0.2, 0.25) is 0 Å². The standard InChI is InChI=1S/C31H35F3N2O/c1-22(2)17-36(30(37)25-11-5-4-6-12-25)20-27-19-35(18-24-10-7-9-23(3)15-24)21-29(27)26-13-8-14-28(16-26)31(32,33)34/h4-16,22,27,29H,17-21H2,1-3H3. The summed E-state index contributed by atoms with van der Waals surface area (Å²) in [6.07, 6.45) is -4.39. The van der Waals surface area contributed by atoms with E-state index in [9.17, 15) is 18.0 Å². The molecule has 0 saturated carbocycles. The fraction of sp³-hybridized carbons (Fsp3) is 0.387. The monoisotopic (exact) mass is 508 g/mol. The highest BCUT2D eigenvalue weighted by Crippen LogP contribution is 2.37. The van der Waals surface area contributed by atoms with Crippen LogP contribution >= 0.6 is 0 Å². The molecule has 1 saturated heterocycles. The van der Waals surface area contributed by atoms with Gasteiger partial charge in [0.15, 0.2) is 0 Å². The smallest absolute Gasteiger partial charge is 0.338 e. The van der Waals surface area contributed by atoms with Gasteiger partial charge >= 0.3 is 6.18 Å². The van der Waals surface area contributed by atoms with Gasteiger partial charge in [-0.15, -0.1) is 0 Å². The first kappa shape index (κ1) is 26.9. The lowest BCUT2D eigenvalue weighted by molar-refractivity contribution is -0.137. The van der Waals surface area contributed by atoms with Gasteiger partial charge in [0.05, 0.1) is 5.56 Å². The Labute approximate surface area is 217 Å². The Balaban J connectivity index is 1.63. The first-order valence-corrected chi connectivity index (χ1v) is 12.9. The lowest BCUT2D eigenvalue weighted by atomic mass is 9.87. The number of hydrogen-bond acceptors (Lipinski definition) is 2. The molecular formula is C31H35F3N2O. The SMILES string of the molecule is Cc1cccc(CN2CC(CN(CC(C)C)C(=O)c3ccccc3)C(c3cccc(C(F)(F)F)c3)C2)c1. The van der Waals surface area contributed by atoms with Gasteiger partial charge in [0.25, 0.3) is 5.91 Å². The van der Waals surface area contributed by atoms with Gasteiger partial charge in [-0.1, -0.05) is 80.1 Å². The first-order chi connectivity index (χ1) is 17.6. The van der Waals surface area contributed by atoms with Crippen molar-refractivity contribution in [1.82, 2.24) is 9.80 Å². The second kappa shape index (κ2) is 11.5. The number of benzene rings is 3. The van der Waals surface area contributed by atoms with Crippen LogP contribution in [0.15, 0.2) is 78.9 Å². The third-order valence-electron chi connectivity index (χ3n) is 7.00. The number of alkyl halides is 3. The van der Waals surface area contributed by atoms with Crippen molar-refractivity contribution in [3.63, 3.8) is 0 Å². The number of amides is 1. The average molecular weight is 509 g/mol. The molecule has 37 heavy (non-hydrogen) atoms. The third-order valence-corrected chi connectivity index (χ3v) is 7.00. The molecule has 0 aliphatic carbocycles. The summed E-state index contributed by atoms with van der Waals surface area (Å²) < 4.78 is 40.6. The van der Waals surface area contributed by atoms with Crippen molar-refractivity contribution >= 4 is 5.91 Å². The molecule has 3 nitrogen and oxygen atoms in total. The highest BCUT2D eigenvalue weighted by Gasteiger charge is 2.38. The van der Waals surface area contributed by atoms with E-state index in [1.54, 1.807) is 6.07 Å².